The number of amides is 1. The van der Waals surface area contributed by atoms with Gasteiger partial charge in [-0.25, -0.2) is 4.79 Å². The van der Waals surface area contributed by atoms with Crippen LogP contribution in [0.4, 0.5) is 0 Å². The van der Waals surface area contributed by atoms with Gasteiger partial charge in [-0.3, -0.25) is 4.79 Å². The Morgan fingerprint density at radius 2 is 2.16 bits per heavy atom. The zero-order valence-electron chi connectivity index (χ0n) is 10.3. The number of hydrogen-bond acceptors (Lipinski definition) is 4. The van der Waals surface area contributed by atoms with Crippen molar-refractivity contribution in [2.45, 2.75) is 6.04 Å². The summed E-state index contributed by atoms with van der Waals surface area (Å²) in [5.74, 6) is -1.23. The van der Waals surface area contributed by atoms with Crippen molar-refractivity contribution >= 4 is 29.6 Å². The maximum atomic E-state index is 11.6. The lowest BCUT2D eigenvalue weighted by atomic mass is 10.2. The lowest BCUT2D eigenvalue weighted by Gasteiger charge is -2.11. The van der Waals surface area contributed by atoms with Crippen molar-refractivity contribution in [1.29, 1.82) is 0 Å². The Labute approximate surface area is 115 Å². The molecule has 1 amide bonds. The van der Waals surface area contributed by atoms with E-state index < -0.39 is 24.5 Å². The van der Waals surface area contributed by atoms with Crippen LogP contribution in [0.2, 0.25) is 5.02 Å². The summed E-state index contributed by atoms with van der Waals surface area (Å²) in [7, 11) is 1.18. The van der Waals surface area contributed by atoms with Crippen LogP contribution in [0.3, 0.4) is 0 Å². The standard InChI is InChI=1S/C13H14ClNO4/c1-19-13(18)11(8-16)15-12(17)7-6-9-4-2-3-5-10(9)14/h2-7,11,16H,8H2,1H3,(H,15,17)/b7-6+/t11-/m1/s1. The number of halogens is 1. The van der Waals surface area contributed by atoms with E-state index in [-0.39, 0.29) is 0 Å². The molecule has 0 spiro atoms. The maximum Gasteiger partial charge on any atom is 0.330 e. The summed E-state index contributed by atoms with van der Waals surface area (Å²) in [6.45, 7) is -0.529. The number of methoxy groups -OCH3 is 1. The van der Waals surface area contributed by atoms with Gasteiger partial charge in [0.1, 0.15) is 0 Å². The average Bonchev–Trinajstić information content (AvgIpc) is 2.43. The Morgan fingerprint density at radius 3 is 2.74 bits per heavy atom. The molecule has 0 bridgehead atoms. The zero-order chi connectivity index (χ0) is 14.3. The zero-order valence-corrected chi connectivity index (χ0v) is 11.1. The molecule has 0 unspecified atom stereocenters. The van der Waals surface area contributed by atoms with E-state index in [1.807, 2.05) is 0 Å². The Morgan fingerprint density at radius 1 is 1.47 bits per heavy atom. The van der Waals surface area contributed by atoms with Crippen molar-refractivity contribution in [2.75, 3.05) is 13.7 Å². The summed E-state index contributed by atoms with van der Waals surface area (Å²) in [4.78, 5) is 22.7. The first-order chi connectivity index (χ1) is 9.08. The largest absolute Gasteiger partial charge is 0.467 e. The molecule has 5 nitrogen and oxygen atoms in total. The topological polar surface area (TPSA) is 75.6 Å². The van der Waals surface area contributed by atoms with Crippen LogP contribution in [-0.2, 0) is 14.3 Å². The fraction of sp³-hybridized carbons (Fsp3) is 0.231. The Balaban J connectivity index is 2.65. The van der Waals surface area contributed by atoms with Gasteiger partial charge in [0.15, 0.2) is 6.04 Å². The highest BCUT2D eigenvalue weighted by Gasteiger charge is 2.19. The highest BCUT2D eigenvalue weighted by Crippen LogP contribution is 2.15. The number of carbonyl (C=O) groups excluding carboxylic acids is 2. The van der Waals surface area contributed by atoms with Crippen molar-refractivity contribution in [3.8, 4) is 0 Å². The summed E-state index contributed by atoms with van der Waals surface area (Å²) >= 11 is 5.92. The summed E-state index contributed by atoms with van der Waals surface area (Å²) < 4.78 is 4.43. The molecule has 1 aromatic rings. The van der Waals surface area contributed by atoms with Crippen molar-refractivity contribution < 1.29 is 19.4 Å². The molecule has 19 heavy (non-hydrogen) atoms. The average molecular weight is 284 g/mol. The molecular weight excluding hydrogens is 270 g/mol. The van der Waals surface area contributed by atoms with Gasteiger partial charge in [0.05, 0.1) is 13.7 Å². The van der Waals surface area contributed by atoms with Gasteiger partial charge in [-0.1, -0.05) is 29.8 Å². The van der Waals surface area contributed by atoms with Gasteiger partial charge in [0.2, 0.25) is 5.91 Å². The molecule has 0 aliphatic rings. The molecule has 0 aliphatic carbocycles. The molecule has 1 atom stereocenters. The van der Waals surface area contributed by atoms with Crippen LogP contribution in [0.15, 0.2) is 30.3 Å². The van der Waals surface area contributed by atoms with E-state index >= 15 is 0 Å². The van der Waals surface area contributed by atoms with Gasteiger partial charge in [-0.05, 0) is 17.7 Å². The first-order valence-electron chi connectivity index (χ1n) is 5.50. The molecule has 2 N–H and O–H groups in total. The SMILES string of the molecule is COC(=O)[C@@H](CO)NC(=O)/C=C/c1ccccc1Cl. The molecule has 0 radical (unpaired) electrons. The van der Waals surface area contributed by atoms with E-state index in [9.17, 15) is 9.59 Å². The number of hydrogen-bond donors (Lipinski definition) is 2. The second-order valence-corrected chi connectivity index (χ2v) is 4.03. The van der Waals surface area contributed by atoms with Crippen LogP contribution in [0, 0.1) is 0 Å². The van der Waals surface area contributed by atoms with Gasteiger partial charge in [0, 0.05) is 11.1 Å². The van der Waals surface area contributed by atoms with Gasteiger partial charge >= 0.3 is 5.97 Å². The number of aliphatic hydroxyl groups excluding tert-OH is 1. The van der Waals surface area contributed by atoms with Crippen LogP contribution in [0.25, 0.3) is 6.08 Å². The Bertz CT molecular complexity index is 487. The molecule has 0 saturated heterocycles. The fourth-order valence-electron chi connectivity index (χ4n) is 1.32. The number of ether oxygens (including phenoxy) is 1. The summed E-state index contributed by atoms with van der Waals surface area (Å²) in [6, 6.07) is 5.93. The van der Waals surface area contributed by atoms with Crippen LogP contribution < -0.4 is 5.32 Å². The van der Waals surface area contributed by atoms with Gasteiger partial charge in [0.25, 0.3) is 0 Å². The van der Waals surface area contributed by atoms with Gasteiger partial charge in [-0.2, -0.15) is 0 Å². The second-order valence-electron chi connectivity index (χ2n) is 3.62. The minimum atomic E-state index is -1.08. The highest BCUT2D eigenvalue weighted by molar-refractivity contribution is 6.32. The number of benzene rings is 1. The lowest BCUT2D eigenvalue weighted by molar-refractivity contribution is -0.145. The summed E-state index contributed by atoms with van der Waals surface area (Å²) in [5, 5.41) is 11.8. The third kappa shape index (κ3) is 4.73. The van der Waals surface area contributed by atoms with E-state index in [2.05, 4.69) is 10.1 Å². The predicted molar refractivity (Wildman–Crippen MR) is 71.5 cm³/mol. The van der Waals surface area contributed by atoms with Crippen LogP contribution >= 0.6 is 11.6 Å². The van der Waals surface area contributed by atoms with Crippen LogP contribution in [0.1, 0.15) is 5.56 Å². The maximum absolute atomic E-state index is 11.6. The molecular formula is C13H14ClNO4. The van der Waals surface area contributed by atoms with E-state index in [4.69, 9.17) is 16.7 Å². The number of esters is 1. The van der Waals surface area contributed by atoms with Crippen molar-refractivity contribution in [2.24, 2.45) is 0 Å². The highest BCUT2D eigenvalue weighted by atomic mass is 35.5. The Hall–Kier alpha value is -1.85. The number of rotatable bonds is 5. The van der Waals surface area contributed by atoms with E-state index in [0.29, 0.717) is 10.6 Å². The predicted octanol–water partition coefficient (Wildman–Crippen LogP) is 1.00. The normalized spacial score (nSPS) is 12.2. The number of nitrogens with one attached hydrogen (secondary N) is 1. The minimum absolute atomic E-state index is 0.512. The van der Waals surface area contributed by atoms with Crippen LogP contribution in [0.5, 0.6) is 0 Å². The smallest absolute Gasteiger partial charge is 0.330 e. The molecule has 102 valence electrons. The Kier molecular flexibility index (Phi) is 6.05. The summed E-state index contributed by atoms with van der Waals surface area (Å²) in [5.41, 5.74) is 0.679. The van der Waals surface area contributed by atoms with Crippen LogP contribution in [-0.4, -0.2) is 36.7 Å². The fourth-order valence-corrected chi connectivity index (χ4v) is 1.52. The monoisotopic (exact) mass is 283 g/mol. The van der Waals surface area contributed by atoms with Crippen molar-refractivity contribution in [3.63, 3.8) is 0 Å². The van der Waals surface area contributed by atoms with Crippen molar-refractivity contribution in [1.82, 2.24) is 5.32 Å². The number of aliphatic hydroxyl groups is 1. The quantitative estimate of drug-likeness (QED) is 0.624. The molecule has 0 aliphatic heterocycles. The first kappa shape index (κ1) is 15.2. The molecule has 1 aromatic carbocycles. The molecule has 0 saturated carbocycles. The lowest BCUT2D eigenvalue weighted by Crippen LogP contribution is -2.43. The minimum Gasteiger partial charge on any atom is -0.467 e. The molecule has 0 heterocycles. The van der Waals surface area contributed by atoms with Gasteiger partial charge < -0.3 is 15.2 Å². The first-order valence-corrected chi connectivity index (χ1v) is 5.88. The van der Waals surface area contributed by atoms with Gasteiger partial charge in [-0.15, -0.1) is 0 Å². The third-order valence-electron chi connectivity index (χ3n) is 2.30. The molecule has 0 aromatic heterocycles. The van der Waals surface area contributed by atoms with Crippen molar-refractivity contribution in [3.05, 3.63) is 40.9 Å². The third-order valence-corrected chi connectivity index (χ3v) is 2.65. The summed E-state index contributed by atoms with van der Waals surface area (Å²) in [6.07, 6.45) is 2.75. The second kappa shape index (κ2) is 7.56. The molecule has 0 fully saturated rings. The number of carbonyl (C=O) groups is 2. The molecule has 1 rings (SSSR count). The van der Waals surface area contributed by atoms with E-state index in [1.165, 1.54) is 19.3 Å². The molecule has 6 heteroatoms. The van der Waals surface area contributed by atoms with E-state index in [0.717, 1.165) is 0 Å². The van der Waals surface area contributed by atoms with E-state index in [1.54, 1.807) is 24.3 Å².